The Morgan fingerprint density at radius 1 is 0.750 bits per heavy atom. The van der Waals surface area contributed by atoms with Gasteiger partial charge in [-0.3, -0.25) is 4.90 Å². The molecule has 0 saturated carbocycles. The largest absolute Gasteiger partial charge is 0.377 e. The maximum absolute atomic E-state index is 6.38. The molecule has 5 aliphatic rings. The normalized spacial score (nSPS) is 38.2. The summed E-state index contributed by atoms with van der Waals surface area (Å²) in [5, 5.41) is 0. The van der Waals surface area contributed by atoms with E-state index in [0.29, 0.717) is 30.5 Å². The molecule has 0 spiro atoms. The van der Waals surface area contributed by atoms with Gasteiger partial charge in [-0.25, -0.2) is 0 Å². The Labute approximate surface area is 169 Å². The third-order valence-corrected chi connectivity index (χ3v) is 7.18. The van der Waals surface area contributed by atoms with Crippen molar-refractivity contribution in [2.24, 2.45) is 0 Å². The van der Waals surface area contributed by atoms with Crippen molar-refractivity contribution >= 4 is 0 Å². The number of nitrogens with zero attached hydrogens (tertiary/aromatic N) is 1. The van der Waals surface area contributed by atoms with Gasteiger partial charge in [0.25, 0.3) is 0 Å². The minimum Gasteiger partial charge on any atom is -0.377 e. The molecular formula is C23H37NO4. The fraction of sp³-hybridized carbons (Fsp3) is 0.913. The number of hydrogen-bond donors (Lipinski definition) is 0. The monoisotopic (exact) mass is 391 g/mol. The topological polar surface area (TPSA) is 46.8 Å². The third kappa shape index (κ3) is 4.99. The zero-order valence-corrected chi connectivity index (χ0v) is 17.3. The van der Waals surface area contributed by atoms with Crippen LogP contribution in [0, 0.1) is 0 Å². The van der Waals surface area contributed by atoms with Gasteiger partial charge in [0.1, 0.15) is 6.10 Å². The van der Waals surface area contributed by atoms with Gasteiger partial charge in [-0.05, 0) is 56.9 Å². The van der Waals surface area contributed by atoms with Gasteiger partial charge in [0.15, 0.2) is 0 Å². The predicted octanol–water partition coefficient (Wildman–Crippen LogP) is 3.46. The Hall–Kier alpha value is -0.460. The van der Waals surface area contributed by atoms with E-state index in [1.54, 1.807) is 11.1 Å². The second kappa shape index (κ2) is 9.13. The predicted molar refractivity (Wildman–Crippen MR) is 108 cm³/mol. The number of ether oxygens (including phenoxy) is 4. The van der Waals surface area contributed by atoms with Gasteiger partial charge in [0.05, 0.1) is 38.1 Å². The maximum atomic E-state index is 6.38. The van der Waals surface area contributed by atoms with Crippen molar-refractivity contribution in [3.63, 3.8) is 0 Å². The zero-order valence-electron chi connectivity index (χ0n) is 17.3. The molecule has 3 saturated heterocycles. The smallest absolute Gasteiger partial charge is 0.104 e. The molecule has 5 nitrogen and oxygen atoms in total. The molecule has 5 heteroatoms. The molecule has 5 rings (SSSR count). The lowest BCUT2D eigenvalue weighted by Crippen LogP contribution is -2.46. The molecule has 0 aromatic carbocycles. The maximum Gasteiger partial charge on any atom is 0.104 e. The first-order valence-corrected chi connectivity index (χ1v) is 11.8. The van der Waals surface area contributed by atoms with Crippen LogP contribution in [0.25, 0.3) is 0 Å². The van der Waals surface area contributed by atoms with Crippen LogP contribution in [0.3, 0.4) is 0 Å². The molecule has 0 radical (unpaired) electrons. The van der Waals surface area contributed by atoms with E-state index in [1.807, 2.05) is 0 Å². The van der Waals surface area contributed by atoms with Crippen LogP contribution in [0.5, 0.6) is 0 Å². The van der Waals surface area contributed by atoms with Crippen molar-refractivity contribution in [3.8, 4) is 0 Å². The van der Waals surface area contributed by atoms with E-state index in [4.69, 9.17) is 18.9 Å². The number of epoxide rings is 2. The molecule has 3 heterocycles. The van der Waals surface area contributed by atoms with Crippen molar-refractivity contribution in [2.45, 2.75) is 94.7 Å². The summed E-state index contributed by atoms with van der Waals surface area (Å²) in [5.41, 5.74) is 3.36. The van der Waals surface area contributed by atoms with Gasteiger partial charge in [0, 0.05) is 25.7 Å². The van der Waals surface area contributed by atoms with Crippen LogP contribution in [-0.2, 0) is 18.9 Å². The van der Waals surface area contributed by atoms with Gasteiger partial charge in [0.2, 0.25) is 0 Å². The second-order valence-electron chi connectivity index (χ2n) is 9.38. The first-order valence-electron chi connectivity index (χ1n) is 11.8. The summed E-state index contributed by atoms with van der Waals surface area (Å²) in [6.45, 7) is 5.69. The lowest BCUT2D eigenvalue weighted by molar-refractivity contribution is 0.0280. The SMILES string of the molecule is C1CCCC2=C(CC1)C(OCC1CO1)CCC2N(CC1CCCO1)CC1CO1. The molecule has 5 unspecified atom stereocenters. The Bertz CT molecular complexity index is 551. The van der Waals surface area contributed by atoms with E-state index in [0.717, 1.165) is 45.9 Å². The molecule has 3 fully saturated rings. The second-order valence-corrected chi connectivity index (χ2v) is 9.38. The first-order chi connectivity index (χ1) is 13.9. The quantitative estimate of drug-likeness (QED) is 0.468. The number of hydrogen-bond acceptors (Lipinski definition) is 5. The Balaban J connectivity index is 1.35. The van der Waals surface area contributed by atoms with E-state index in [2.05, 4.69) is 4.90 Å². The molecular weight excluding hydrogens is 354 g/mol. The van der Waals surface area contributed by atoms with Gasteiger partial charge in [-0.15, -0.1) is 0 Å². The van der Waals surface area contributed by atoms with Crippen molar-refractivity contribution in [2.75, 3.05) is 39.5 Å². The Morgan fingerprint density at radius 3 is 2.21 bits per heavy atom. The van der Waals surface area contributed by atoms with Gasteiger partial charge < -0.3 is 18.9 Å². The van der Waals surface area contributed by atoms with Crippen LogP contribution >= 0.6 is 0 Å². The zero-order chi connectivity index (χ0) is 18.8. The lowest BCUT2D eigenvalue weighted by Gasteiger charge is -2.42. The van der Waals surface area contributed by atoms with Gasteiger partial charge in [-0.2, -0.15) is 0 Å². The summed E-state index contributed by atoms with van der Waals surface area (Å²) in [6.07, 6.45) is 14.2. The van der Waals surface area contributed by atoms with E-state index in [1.165, 1.54) is 57.8 Å². The van der Waals surface area contributed by atoms with Gasteiger partial charge in [-0.1, -0.05) is 18.4 Å². The average molecular weight is 392 g/mol. The molecule has 0 N–H and O–H groups in total. The average Bonchev–Trinajstić information content (AvgIpc) is 3.60. The van der Waals surface area contributed by atoms with Crippen LogP contribution in [0.1, 0.15) is 64.2 Å². The third-order valence-electron chi connectivity index (χ3n) is 7.18. The summed E-state index contributed by atoms with van der Waals surface area (Å²) < 4.78 is 23.4. The standard InChI is InChI=1S/C23H37NO4/c1-2-4-8-21-20(7-3-1)22(9-10-23(21)28-16-19-15-27-19)24(13-18-14-26-18)12-17-6-5-11-25-17/h17-19,22-23H,1-16H2. The summed E-state index contributed by atoms with van der Waals surface area (Å²) in [7, 11) is 0. The highest BCUT2D eigenvalue weighted by Crippen LogP contribution is 2.39. The molecule has 28 heavy (non-hydrogen) atoms. The highest BCUT2D eigenvalue weighted by Gasteiger charge is 2.38. The minimum absolute atomic E-state index is 0.329. The minimum atomic E-state index is 0.329. The van der Waals surface area contributed by atoms with E-state index in [9.17, 15) is 0 Å². The molecule has 3 aliphatic heterocycles. The van der Waals surface area contributed by atoms with Crippen LogP contribution in [0.4, 0.5) is 0 Å². The molecule has 2 aliphatic carbocycles. The highest BCUT2D eigenvalue weighted by atomic mass is 16.6. The Morgan fingerprint density at radius 2 is 1.50 bits per heavy atom. The van der Waals surface area contributed by atoms with E-state index in [-0.39, 0.29) is 0 Å². The lowest BCUT2D eigenvalue weighted by atomic mass is 9.78. The van der Waals surface area contributed by atoms with Crippen LogP contribution in [0.15, 0.2) is 11.1 Å². The van der Waals surface area contributed by atoms with Crippen molar-refractivity contribution in [3.05, 3.63) is 11.1 Å². The van der Waals surface area contributed by atoms with Crippen molar-refractivity contribution < 1.29 is 18.9 Å². The van der Waals surface area contributed by atoms with Crippen LogP contribution in [0.2, 0.25) is 0 Å². The molecule has 5 atom stereocenters. The molecule has 158 valence electrons. The number of rotatable bonds is 8. The van der Waals surface area contributed by atoms with Crippen molar-refractivity contribution in [1.82, 2.24) is 4.90 Å². The fourth-order valence-corrected chi connectivity index (χ4v) is 5.50. The van der Waals surface area contributed by atoms with Crippen molar-refractivity contribution in [1.29, 1.82) is 0 Å². The van der Waals surface area contributed by atoms with Gasteiger partial charge >= 0.3 is 0 Å². The molecule has 0 aromatic heterocycles. The highest BCUT2D eigenvalue weighted by molar-refractivity contribution is 5.28. The molecule has 0 bridgehead atoms. The Kier molecular flexibility index (Phi) is 6.36. The molecule has 0 aromatic rings. The van der Waals surface area contributed by atoms with Crippen LogP contribution in [-0.4, -0.2) is 74.9 Å². The fourth-order valence-electron chi connectivity index (χ4n) is 5.50. The summed E-state index contributed by atoms with van der Waals surface area (Å²) in [6, 6.07) is 0.568. The van der Waals surface area contributed by atoms with E-state index >= 15 is 0 Å². The van der Waals surface area contributed by atoms with E-state index < -0.39 is 0 Å². The van der Waals surface area contributed by atoms with Crippen LogP contribution < -0.4 is 0 Å². The summed E-state index contributed by atoms with van der Waals surface area (Å²) >= 11 is 0. The summed E-state index contributed by atoms with van der Waals surface area (Å²) in [5.74, 6) is 0. The first kappa shape index (κ1) is 19.5. The summed E-state index contributed by atoms with van der Waals surface area (Å²) in [4.78, 5) is 2.73. The molecule has 0 amide bonds.